The molecule has 0 fully saturated rings. The number of nitrogens with zero attached hydrogens (tertiary/aromatic N) is 3. The fraction of sp³-hybridized carbons (Fsp3) is 0.630. The van der Waals surface area contributed by atoms with Crippen molar-refractivity contribution in [1.29, 1.82) is 0 Å². The molecule has 38 heavy (non-hydrogen) atoms. The fourth-order valence-electron chi connectivity index (χ4n) is 3.75. The summed E-state index contributed by atoms with van der Waals surface area (Å²) in [5.74, 6) is -1.22. The van der Waals surface area contributed by atoms with Crippen molar-refractivity contribution in [3.8, 4) is 0 Å². The fourth-order valence-corrected chi connectivity index (χ4v) is 3.75. The summed E-state index contributed by atoms with van der Waals surface area (Å²) >= 11 is 0. The zero-order chi connectivity index (χ0) is 28.2. The molecule has 0 saturated heterocycles. The Morgan fingerprint density at radius 3 is 1.13 bits per heavy atom. The topological polar surface area (TPSA) is 115 Å². The summed E-state index contributed by atoms with van der Waals surface area (Å²) < 4.78 is 19.1. The second kappa shape index (κ2) is 20.0. The van der Waals surface area contributed by atoms with Crippen LogP contribution >= 0.6 is 0 Å². The first-order valence-corrected chi connectivity index (χ1v) is 12.8. The molecule has 0 aliphatic heterocycles. The van der Waals surface area contributed by atoms with E-state index in [1.165, 1.54) is 28.4 Å². The molecule has 0 bridgehead atoms. The van der Waals surface area contributed by atoms with Gasteiger partial charge in [0.25, 0.3) is 0 Å². The summed E-state index contributed by atoms with van der Waals surface area (Å²) in [5, 5.41) is 0. The molecule has 0 saturated carbocycles. The van der Waals surface area contributed by atoms with Gasteiger partial charge >= 0.3 is 23.9 Å². The van der Waals surface area contributed by atoms with Crippen molar-refractivity contribution in [3.63, 3.8) is 0 Å². The van der Waals surface area contributed by atoms with Gasteiger partial charge in [0.05, 0.1) is 54.1 Å². The Kier molecular flexibility index (Phi) is 17.4. The molecule has 11 heteroatoms. The van der Waals surface area contributed by atoms with E-state index in [9.17, 15) is 19.2 Å². The third-order valence-corrected chi connectivity index (χ3v) is 6.15. The minimum absolute atomic E-state index is 0.227. The Bertz CT molecular complexity index is 749. The number of hydrogen-bond acceptors (Lipinski definition) is 11. The van der Waals surface area contributed by atoms with E-state index >= 15 is 0 Å². The molecule has 0 unspecified atom stereocenters. The standard InChI is InChI=1S/C27H43N3O8/c1-35-24(31)10-14-28(15-11-25(32)36-2)18-20-30(22-23-8-6-5-7-9-23)21-19-29(16-12-26(33)37-3)17-13-27(34)38-4/h5-9H,10-22H2,1-4H3. The molecule has 214 valence electrons. The zero-order valence-electron chi connectivity index (χ0n) is 23.2. The average molecular weight is 538 g/mol. The Balaban J connectivity index is 2.88. The number of carbonyl (C=O) groups is 4. The van der Waals surface area contributed by atoms with Gasteiger partial charge in [-0.3, -0.25) is 24.1 Å². The number of rotatable bonds is 20. The van der Waals surface area contributed by atoms with Crippen LogP contribution in [0.1, 0.15) is 31.2 Å². The second-order valence-electron chi connectivity index (χ2n) is 8.75. The maximum absolute atomic E-state index is 11.7. The van der Waals surface area contributed by atoms with Crippen LogP contribution in [-0.2, 0) is 44.7 Å². The zero-order valence-corrected chi connectivity index (χ0v) is 23.2. The second-order valence-corrected chi connectivity index (χ2v) is 8.75. The summed E-state index contributed by atoms with van der Waals surface area (Å²) in [4.78, 5) is 53.2. The number of carbonyl (C=O) groups excluding carboxylic acids is 4. The molecule has 1 rings (SSSR count). The Morgan fingerprint density at radius 2 is 0.816 bits per heavy atom. The molecule has 0 heterocycles. The van der Waals surface area contributed by atoms with Gasteiger partial charge in [-0.2, -0.15) is 0 Å². The predicted molar refractivity (Wildman–Crippen MR) is 141 cm³/mol. The number of methoxy groups -OCH3 is 4. The van der Waals surface area contributed by atoms with Crippen molar-refractivity contribution in [2.75, 3.05) is 80.8 Å². The maximum atomic E-state index is 11.7. The summed E-state index contributed by atoms with van der Waals surface area (Å²) in [6.07, 6.45) is 0.909. The average Bonchev–Trinajstić information content (AvgIpc) is 2.95. The number of hydrogen-bond donors (Lipinski definition) is 0. The van der Waals surface area contributed by atoms with E-state index in [1.54, 1.807) is 0 Å². The van der Waals surface area contributed by atoms with E-state index in [-0.39, 0.29) is 49.6 Å². The van der Waals surface area contributed by atoms with Crippen LogP contribution in [0.15, 0.2) is 30.3 Å². The molecule has 1 aromatic rings. The van der Waals surface area contributed by atoms with Crippen LogP contribution in [0.25, 0.3) is 0 Å². The lowest BCUT2D eigenvalue weighted by Crippen LogP contribution is -2.41. The summed E-state index contributed by atoms with van der Waals surface area (Å²) in [5.41, 5.74) is 1.15. The smallest absolute Gasteiger partial charge is 0.306 e. The van der Waals surface area contributed by atoms with E-state index in [0.717, 1.165) is 5.56 Å². The Morgan fingerprint density at radius 1 is 0.500 bits per heavy atom. The minimum Gasteiger partial charge on any atom is -0.469 e. The molecule has 11 nitrogen and oxygen atoms in total. The Hall–Kier alpha value is -3.02. The maximum Gasteiger partial charge on any atom is 0.306 e. The third-order valence-electron chi connectivity index (χ3n) is 6.15. The minimum atomic E-state index is -0.305. The first-order valence-electron chi connectivity index (χ1n) is 12.8. The number of ether oxygens (including phenoxy) is 4. The first-order chi connectivity index (χ1) is 18.3. The van der Waals surface area contributed by atoms with Gasteiger partial charge in [0.15, 0.2) is 0 Å². The molecule has 0 spiro atoms. The first kappa shape index (κ1) is 33.0. The van der Waals surface area contributed by atoms with Crippen LogP contribution < -0.4 is 0 Å². The van der Waals surface area contributed by atoms with Crippen LogP contribution in [-0.4, -0.2) is 119 Å². The van der Waals surface area contributed by atoms with E-state index < -0.39 is 0 Å². The predicted octanol–water partition coefficient (Wildman–Crippen LogP) is 1.35. The molecule has 0 aliphatic rings. The largest absolute Gasteiger partial charge is 0.469 e. The van der Waals surface area contributed by atoms with Crippen molar-refractivity contribution < 1.29 is 38.1 Å². The molecular weight excluding hydrogens is 494 g/mol. The van der Waals surface area contributed by atoms with Crippen LogP contribution in [0.4, 0.5) is 0 Å². The quantitative estimate of drug-likeness (QED) is 0.177. The molecule has 0 aromatic heterocycles. The van der Waals surface area contributed by atoms with E-state index in [0.29, 0.717) is 58.9 Å². The van der Waals surface area contributed by atoms with Crippen LogP contribution in [0, 0.1) is 0 Å². The van der Waals surface area contributed by atoms with Gasteiger partial charge in [-0.25, -0.2) is 0 Å². The lowest BCUT2D eigenvalue weighted by molar-refractivity contribution is -0.142. The van der Waals surface area contributed by atoms with E-state index in [2.05, 4.69) is 26.8 Å². The van der Waals surface area contributed by atoms with Crippen LogP contribution in [0.3, 0.4) is 0 Å². The highest BCUT2D eigenvalue weighted by Crippen LogP contribution is 2.07. The van der Waals surface area contributed by atoms with Crippen molar-refractivity contribution in [3.05, 3.63) is 35.9 Å². The van der Waals surface area contributed by atoms with Gasteiger partial charge in [0, 0.05) is 58.9 Å². The summed E-state index contributed by atoms with van der Waals surface area (Å²) in [6, 6.07) is 10.1. The monoisotopic (exact) mass is 537 g/mol. The van der Waals surface area contributed by atoms with Crippen molar-refractivity contribution >= 4 is 23.9 Å². The third kappa shape index (κ3) is 15.3. The van der Waals surface area contributed by atoms with Gasteiger partial charge in [0.2, 0.25) is 0 Å². The van der Waals surface area contributed by atoms with Gasteiger partial charge < -0.3 is 28.7 Å². The van der Waals surface area contributed by atoms with E-state index in [4.69, 9.17) is 18.9 Å². The lowest BCUT2D eigenvalue weighted by atomic mass is 10.2. The van der Waals surface area contributed by atoms with Crippen LogP contribution in [0.5, 0.6) is 0 Å². The lowest BCUT2D eigenvalue weighted by Gasteiger charge is -2.30. The normalized spacial score (nSPS) is 11.0. The number of esters is 4. The molecule has 0 N–H and O–H groups in total. The highest BCUT2D eigenvalue weighted by atomic mass is 16.5. The molecular formula is C27H43N3O8. The van der Waals surface area contributed by atoms with Crippen molar-refractivity contribution in [1.82, 2.24) is 14.7 Å². The number of benzene rings is 1. The van der Waals surface area contributed by atoms with Gasteiger partial charge in [-0.05, 0) is 5.56 Å². The Labute approximate surface area is 225 Å². The molecule has 0 aliphatic carbocycles. The summed E-state index contributed by atoms with van der Waals surface area (Å²) in [7, 11) is 5.42. The van der Waals surface area contributed by atoms with Gasteiger partial charge in [-0.1, -0.05) is 30.3 Å². The highest BCUT2D eigenvalue weighted by molar-refractivity contribution is 5.70. The molecule has 0 amide bonds. The highest BCUT2D eigenvalue weighted by Gasteiger charge is 2.16. The van der Waals surface area contributed by atoms with Gasteiger partial charge in [-0.15, -0.1) is 0 Å². The molecule has 0 atom stereocenters. The molecule has 0 radical (unpaired) electrons. The van der Waals surface area contributed by atoms with Crippen molar-refractivity contribution in [2.24, 2.45) is 0 Å². The summed E-state index contributed by atoms with van der Waals surface area (Å²) in [6.45, 7) is 5.18. The SMILES string of the molecule is COC(=O)CCN(CCC(=O)OC)CCN(CCN(CCC(=O)OC)CCC(=O)OC)Cc1ccccc1. The van der Waals surface area contributed by atoms with Crippen LogP contribution in [0.2, 0.25) is 0 Å². The van der Waals surface area contributed by atoms with Crippen molar-refractivity contribution in [2.45, 2.75) is 32.2 Å². The van der Waals surface area contributed by atoms with Gasteiger partial charge in [0.1, 0.15) is 0 Å². The molecule has 1 aromatic carbocycles. The van der Waals surface area contributed by atoms with E-state index in [1.807, 2.05) is 18.2 Å².